The molecule has 0 unspecified atom stereocenters. The predicted octanol–water partition coefficient (Wildman–Crippen LogP) is 3.56. The van der Waals surface area contributed by atoms with Crippen LogP contribution in [0.4, 0.5) is 24.9 Å². The van der Waals surface area contributed by atoms with E-state index in [0.717, 1.165) is 11.6 Å². The first-order valence-electron chi connectivity index (χ1n) is 7.18. The monoisotopic (exact) mass is 360 g/mol. The van der Waals surface area contributed by atoms with Gasteiger partial charge in [-0.2, -0.15) is 18.2 Å². The van der Waals surface area contributed by atoms with E-state index < -0.39 is 11.9 Å². The third-order valence-electron chi connectivity index (χ3n) is 3.05. The predicted molar refractivity (Wildman–Crippen MR) is 86.0 cm³/mol. The fourth-order valence-electron chi connectivity index (χ4n) is 1.87. The minimum absolute atomic E-state index is 0.0312. The summed E-state index contributed by atoms with van der Waals surface area (Å²) in [5.74, 6) is -0.122. The molecular weight excluding hydrogens is 345 g/mol. The van der Waals surface area contributed by atoms with Crippen LogP contribution in [0.1, 0.15) is 17.7 Å². The molecule has 130 valence electrons. The number of benzene rings is 1. The van der Waals surface area contributed by atoms with Crippen molar-refractivity contribution in [1.29, 1.82) is 0 Å². The Morgan fingerprint density at radius 3 is 2.54 bits per heavy atom. The molecule has 9 heteroatoms. The lowest BCUT2D eigenvalue weighted by Gasteiger charge is -2.13. The Bertz CT molecular complexity index is 682. The van der Waals surface area contributed by atoms with Crippen molar-refractivity contribution in [3.63, 3.8) is 0 Å². The molecule has 3 N–H and O–H groups in total. The summed E-state index contributed by atoms with van der Waals surface area (Å²) in [4.78, 5) is 7.46. The standard InChI is InChI=1S/C15H16ClF3N4O/c16-11-5-2-1-4-10(11)9-21-13-8-12(15(17,18)19)22-14(23-13)20-6-3-7-24/h1-2,4-5,8,24H,3,6-7,9H2,(H2,20,21,22,23). The zero-order valence-corrected chi connectivity index (χ0v) is 13.3. The number of nitrogens with zero attached hydrogens (tertiary/aromatic N) is 2. The summed E-state index contributed by atoms with van der Waals surface area (Å²) < 4.78 is 38.9. The van der Waals surface area contributed by atoms with Crippen LogP contribution in [0.25, 0.3) is 0 Å². The molecule has 0 aliphatic rings. The lowest BCUT2D eigenvalue weighted by Crippen LogP contribution is -2.15. The minimum atomic E-state index is -4.59. The molecule has 2 rings (SSSR count). The van der Waals surface area contributed by atoms with Crippen molar-refractivity contribution in [3.05, 3.63) is 46.6 Å². The second kappa shape index (κ2) is 8.16. The number of alkyl halides is 3. The maximum Gasteiger partial charge on any atom is 0.433 e. The number of hydrogen-bond donors (Lipinski definition) is 3. The van der Waals surface area contributed by atoms with Crippen molar-refractivity contribution in [3.8, 4) is 0 Å². The van der Waals surface area contributed by atoms with Gasteiger partial charge in [0, 0.05) is 30.8 Å². The highest BCUT2D eigenvalue weighted by Gasteiger charge is 2.33. The van der Waals surface area contributed by atoms with Crippen molar-refractivity contribution >= 4 is 23.4 Å². The van der Waals surface area contributed by atoms with E-state index in [0.29, 0.717) is 11.4 Å². The van der Waals surface area contributed by atoms with E-state index in [4.69, 9.17) is 16.7 Å². The summed E-state index contributed by atoms with van der Waals surface area (Å²) in [6, 6.07) is 7.85. The number of halogens is 4. The number of anilines is 2. The van der Waals surface area contributed by atoms with Gasteiger partial charge in [0.15, 0.2) is 5.69 Å². The Hall–Kier alpha value is -2.06. The van der Waals surface area contributed by atoms with Gasteiger partial charge in [0.05, 0.1) is 0 Å². The van der Waals surface area contributed by atoms with Crippen LogP contribution >= 0.6 is 11.6 Å². The van der Waals surface area contributed by atoms with E-state index in [2.05, 4.69) is 20.6 Å². The SMILES string of the molecule is OCCCNc1nc(NCc2ccccc2Cl)cc(C(F)(F)F)n1. The first kappa shape index (κ1) is 18.3. The molecule has 1 aromatic heterocycles. The molecule has 1 heterocycles. The van der Waals surface area contributed by atoms with E-state index in [1.807, 2.05) is 0 Å². The topological polar surface area (TPSA) is 70.1 Å². The van der Waals surface area contributed by atoms with Crippen LogP contribution in [0.15, 0.2) is 30.3 Å². The highest BCUT2D eigenvalue weighted by Crippen LogP contribution is 2.30. The Morgan fingerprint density at radius 1 is 1.12 bits per heavy atom. The lowest BCUT2D eigenvalue weighted by atomic mass is 10.2. The molecule has 24 heavy (non-hydrogen) atoms. The van der Waals surface area contributed by atoms with Gasteiger partial charge in [-0.05, 0) is 18.1 Å². The van der Waals surface area contributed by atoms with Crippen LogP contribution < -0.4 is 10.6 Å². The molecule has 1 aromatic carbocycles. The van der Waals surface area contributed by atoms with Crippen molar-refractivity contribution < 1.29 is 18.3 Å². The van der Waals surface area contributed by atoms with Crippen molar-refractivity contribution in [2.75, 3.05) is 23.8 Å². The molecule has 0 saturated carbocycles. The van der Waals surface area contributed by atoms with Gasteiger partial charge in [-0.1, -0.05) is 29.8 Å². The lowest BCUT2D eigenvalue weighted by molar-refractivity contribution is -0.141. The summed E-state index contributed by atoms with van der Waals surface area (Å²) in [5, 5.41) is 14.7. The molecule has 0 aliphatic heterocycles. The molecule has 0 saturated heterocycles. The first-order valence-corrected chi connectivity index (χ1v) is 7.56. The average molecular weight is 361 g/mol. The zero-order chi connectivity index (χ0) is 17.6. The number of aromatic nitrogens is 2. The summed E-state index contributed by atoms with van der Waals surface area (Å²) >= 11 is 6.02. The smallest absolute Gasteiger partial charge is 0.396 e. The van der Waals surface area contributed by atoms with Gasteiger partial charge in [-0.25, -0.2) is 4.98 Å². The zero-order valence-electron chi connectivity index (χ0n) is 12.6. The molecule has 0 amide bonds. The summed E-state index contributed by atoms with van der Waals surface area (Å²) in [6.45, 7) is 0.412. The van der Waals surface area contributed by atoms with Crippen LogP contribution in [0.2, 0.25) is 5.02 Å². The minimum Gasteiger partial charge on any atom is -0.396 e. The Labute approximate surface area is 141 Å². The van der Waals surface area contributed by atoms with Crippen LogP contribution in [0, 0.1) is 0 Å². The molecule has 0 fully saturated rings. The van der Waals surface area contributed by atoms with E-state index in [-0.39, 0.29) is 31.5 Å². The van der Waals surface area contributed by atoms with Crippen LogP contribution in [0.5, 0.6) is 0 Å². The van der Waals surface area contributed by atoms with Crippen LogP contribution in [-0.4, -0.2) is 28.2 Å². The van der Waals surface area contributed by atoms with Gasteiger partial charge in [0.1, 0.15) is 5.82 Å². The summed E-state index contributed by atoms with van der Waals surface area (Å²) in [7, 11) is 0. The molecule has 0 aliphatic carbocycles. The Kier molecular flexibility index (Phi) is 6.22. The highest BCUT2D eigenvalue weighted by molar-refractivity contribution is 6.31. The van der Waals surface area contributed by atoms with E-state index in [9.17, 15) is 13.2 Å². The second-order valence-electron chi connectivity index (χ2n) is 4.91. The highest BCUT2D eigenvalue weighted by atomic mass is 35.5. The van der Waals surface area contributed by atoms with Crippen molar-refractivity contribution in [2.45, 2.75) is 19.1 Å². The molecule has 0 bridgehead atoms. The molecular formula is C15H16ClF3N4O. The van der Waals surface area contributed by atoms with E-state index in [1.54, 1.807) is 24.3 Å². The van der Waals surface area contributed by atoms with Gasteiger partial charge < -0.3 is 15.7 Å². The Morgan fingerprint density at radius 2 is 1.88 bits per heavy atom. The van der Waals surface area contributed by atoms with Gasteiger partial charge in [-0.15, -0.1) is 0 Å². The molecule has 5 nitrogen and oxygen atoms in total. The summed E-state index contributed by atoms with van der Waals surface area (Å²) in [5.41, 5.74) is -0.313. The van der Waals surface area contributed by atoms with E-state index >= 15 is 0 Å². The van der Waals surface area contributed by atoms with Gasteiger partial charge in [0.25, 0.3) is 0 Å². The Balaban J connectivity index is 2.18. The third-order valence-corrected chi connectivity index (χ3v) is 3.42. The molecule has 0 radical (unpaired) electrons. The molecule has 0 atom stereocenters. The number of rotatable bonds is 7. The van der Waals surface area contributed by atoms with Gasteiger partial charge in [0.2, 0.25) is 5.95 Å². The number of aliphatic hydroxyl groups excluding tert-OH is 1. The maximum absolute atomic E-state index is 13.0. The van der Waals surface area contributed by atoms with Gasteiger partial charge >= 0.3 is 6.18 Å². The molecule has 2 aromatic rings. The maximum atomic E-state index is 13.0. The quantitative estimate of drug-likeness (QED) is 0.659. The number of hydrogen-bond acceptors (Lipinski definition) is 5. The van der Waals surface area contributed by atoms with Gasteiger partial charge in [-0.3, -0.25) is 0 Å². The van der Waals surface area contributed by atoms with E-state index in [1.165, 1.54) is 0 Å². The van der Waals surface area contributed by atoms with Crippen LogP contribution in [-0.2, 0) is 12.7 Å². The number of aliphatic hydroxyl groups is 1. The second-order valence-corrected chi connectivity index (χ2v) is 5.32. The average Bonchev–Trinajstić information content (AvgIpc) is 2.53. The number of nitrogens with one attached hydrogen (secondary N) is 2. The van der Waals surface area contributed by atoms with Crippen molar-refractivity contribution in [1.82, 2.24) is 9.97 Å². The van der Waals surface area contributed by atoms with Crippen molar-refractivity contribution in [2.24, 2.45) is 0 Å². The third kappa shape index (κ3) is 5.24. The van der Waals surface area contributed by atoms with Crippen LogP contribution in [0.3, 0.4) is 0 Å². The fourth-order valence-corrected chi connectivity index (χ4v) is 2.07. The molecule has 0 spiro atoms. The largest absolute Gasteiger partial charge is 0.433 e. The first-order chi connectivity index (χ1) is 11.4. The summed E-state index contributed by atoms with van der Waals surface area (Å²) in [6.07, 6.45) is -4.21. The fraction of sp³-hybridized carbons (Fsp3) is 0.333. The normalized spacial score (nSPS) is 11.4.